The number of benzene rings is 1. The largest absolute Gasteiger partial charge is 0.391 e. The van der Waals surface area contributed by atoms with E-state index in [4.69, 9.17) is 0 Å². The normalized spacial score (nSPS) is 28.7. The van der Waals surface area contributed by atoms with E-state index in [1.165, 1.54) is 38.2 Å². The van der Waals surface area contributed by atoms with Crippen molar-refractivity contribution in [2.75, 3.05) is 13.1 Å². The average molecular weight is 291 g/mol. The van der Waals surface area contributed by atoms with Crippen LogP contribution in [0.5, 0.6) is 0 Å². The molecule has 1 saturated carbocycles. The van der Waals surface area contributed by atoms with E-state index in [1.54, 1.807) is 6.07 Å². The molecule has 0 unspecified atom stereocenters. The first-order valence-electron chi connectivity index (χ1n) is 8.39. The highest BCUT2D eigenvalue weighted by atomic mass is 19.1. The van der Waals surface area contributed by atoms with Gasteiger partial charge in [-0.1, -0.05) is 37.5 Å². The van der Waals surface area contributed by atoms with Crippen molar-refractivity contribution < 1.29 is 9.50 Å². The van der Waals surface area contributed by atoms with Crippen LogP contribution < -0.4 is 0 Å². The van der Waals surface area contributed by atoms with Gasteiger partial charge < -0.3 is 5.11 Å². The van der Waals surface area contributed by atoms with Crippen LogP contribution in [0.15, 0.2) is 24.3 Å². The van der Waals surface area contributed by atoms with Crippen molar-refractivity contribution in [3.63, 3.8) is 0 Å². The molecule has 1 saturated heterocycles. The molecule has 116 valence electrons. The highest BCUT2D eigenvalue weighted by Crippen LogP contribution is 2.29. The Balaban J connectivity index is 1.57. The summed E-state index contributed by atoms with van der Waals surface area (Å²) in [6.07, 6.45) is 7.91. The molecule has 2 fully saturated rings. The van der Waals surface area contributed by atoms with Gasteiger partial charge in [0.2, 0.25) is 0 Å². The monoisotopic (exact) mass is 291 g/mol. The molecule has 1 aromatic rings. The maximum atomic E-state index is 13.7. The Hall–Kier alpha value is -0.930. The summed E-state index contributed by atoms with van der Waals surface area (Å²) in [5.41, 5.74) is 0.743. The van der Waals surface area contributed by atoms with Crippen LogP contribution in [0, 0.1) is 11.7 Å². The predicted octanol–water partition coefficient (Wildman–Crippen LogP) is 3.38. The molecule has 2 nitrogen and oxygen atoms in total. The highest BCUT2D eigenvalue weighted by Gasteiger charge is 2.32. The van der Waals surface area contributed by atoms with Gasteiger partial charge in [0.15, 0.2) is 0 Å². The Morgan fingerprint density at radius 2 is 1.86 bits per heavy atom. The van der Waals surface area contributed by atoms with Crippen LogP contribution in [-0.4, -0.2) is 35.2 Å². The molecular formula is C18H26FNO. The Morgan fingerprint density at radius 3 is 2.57 bits per heavy atom. The van der Waals surface area contributed by atoms with Crippen LogP contribution in [0.3, 0.4) is 0 Å². The molecule has 0 bridgehead atoms. The van der Waals surface area contributed by atoms with E-state index >= 15 is 0 Å². The van der Waals surface area contributed by atoms with Crippen molar-refractivity contribution >= 4 is 0 Å². The lowest BCUT2D eigenvalue weighted by Crippen LogP contribution is -2.49. The molecule has 1 aliphatic carbocycles. The molecule has 0 spiro atoms. The van der Waals surface area contributed by atoms with E-state index in [-0.39, 0.29) is 17.8 Å². The molecule has 0 aromatic heterocycles. The zero-order valence-electron chi connectivity index (χ0n) is 12.7. The zero-order valence-corrected chi connectivity index (χ0v) is 12.7. The first-order valence-corrected chi connectivity index (χ1v) is 8.39. The van der Waals surface area contributed by atoms with E-state index < -0.39 is 0 Å². The minimum atomic E-state index is -0.319. The molecule has 1 aliphatic heterocycles. The first-order chi connectivity index (χ1) is 10.2. The number of hydrogen-bond acceptors (Lipinski definition) is 2. The second-order valence-electron chi connectivity index (χ2n) is 6.70. The molecule has 1 heterocycles. The molecule has 1 aromatic carbocycles. The second-order valence-corrected chi connectivity index (χ2v) is 6.70. The van der Waals surface area contributed by atoms with Gasteiger partial charge in [-0.15, -0.1) is 0 Å². The fourth-order valence-corrected chi connectivity index (χ4v) is 3.97. The summed E-state index contributed by atoms with van der Waals surface area (Å²) in [4.78, 5) is 2.47. The third-order valence-electron chi connectivity index (χ3n) is 5.28. The van der Waals surface area contributed by atoms with Crippen molar-refractivity contribution in [3.8, 4) is 0 Å². The summed E-state index contributed by atoms with van der Waals surface area (Å²) in [6, 6.07) is 7.62. The fourth-order valence-electron chi connectivity index (χ4n) is 3.97. The third kappa shape index (κ3) is 3.64. The van der Waals surface area contributed by atoms with E-state index in [2.05, 4.69) is 4.90 Å². The number of hydrogen-bond donors (Lipinski definition) is 1. The van der Waals surface area contributed by atoms with Gasteiger partial charge in [0.25, 0.3) is 0 Å². The van der Waals surface area contributed by atoms with Crippen molar-refractivity contribution in [3.05, 3.63) is 35.6 Å². The summed E-state index contributed by atoms with van der Waals surface area (Å²) in [5.74, 6) is 0.0566. The summed E-state index contributed by atoms with van der Waals surface area (Å²) in [7, 11) is 0. The lowest BCUT2D eigenvalue weighted by Gasteiger charge is -2.41. The van der Waals surface area contributed by atoms with Crippen molar-refractivity contribution in [1.29, 1.82) is 0 Å². The number of aliphatic hydroxyl groups is 1. The summed E-state index contributed by atoms with van der Waals surface area (Å²) in [6.45, 7) is 1.82. The van der Waals surface area contributed by atoms with Crippen LogP contribution >= 0.6 is 0 Å². The van der Waals surface area contributed by atoms with E-state index in [1.807, 2.05) is 12.1 Å². The molecule has 0 radical (unpaired) electrons. The molecule has 2 aliphatic rings. The van der Waals surface area contributed by atoms with Gasteiger partial charge >= 0.3 is 0 Å². The van der Waals surface area contributed by atoms with Crippen LogP contribution in [0.25, 0.3) is 0 Å². The predicted molar refractivity (Wildman–Crippen MR) is 82.7 cm³/mol. The fraction of sp³-hybridized carbons (Fsp3) is 0.667. The van der Waals surface area contributed by atoms with Gasteiger partial charge in [-0.3, -0.25) is 4.90 Å². The number of halogens is 1. The summed E-state index contributed by atoms with van der Waals surface area (Å²) >= 11 is 0. The molecule has 2 atom stereocenters. The maximum Gasteiger partial charge on any atom is 0.126 e. The Kier molecular flexibility index (Phi) is 4.91. The molecule has 3 rings (SSSR count). The Bertz CT molecular complexity index is 458. The number of likely N-dealkylation sites (tertiary alicyclic amines) is 1. The van der Waals surface area contributed by atoms with Gasteiger partial charge in [0.1, 0.15) is 5.82 Å². The molecule has 1 N–H and O–H groups in total. The molecule has 21 heavy (non-hydrogen) atoms. The first kappa shape index (κ1) is 15.0. The number of piperidine rings is 1. The van der Waals surface area contributed by atoms with Gasteiger partial charge in [0.05, 0.1) is 6.10 Å². The van der Waals surface area contributed by atoms with E-state index in [0.717, 1.165) is 25.1 Å². The number of rotatable bonds is 3. The number of aliphatic hydroxyl groups excluding tert-OH is 1. The lowest BCUT2D eigenvalue weighted by atomic mass is 9.85. The minimum absolute atomic E-state index is 0.139. The van der Waals surface area contributed by atoms with E-state index in [9.17, 15) is 9.50 Å². The Labute approximate surface area is 127 Å². The van der Waals surface area contributed by atoms with E-state index in [0.29, 0.717) is 12.5 Å². The zero-order chi connectivity index (χ0) is 14.7. The quantitative estimate of drug-likeness (QED) is 0.923. The standard InChI is InChI=1S/C18H26FNO/c19-17-9-5-4-6-14(17)12-15-10-11-20(13-18(15)21)16-7-2-1-3-8-16/h4-6,9,15-16,18,21H,1-3,7-8,10-13H2/t15-,18+/m1/s1. The van der Waals surface area contributed by atoms with Crippen molar-refractivity contribution in [1.82, 2.24) is 4.90 Å². The maximum absolute atomic E-state index is 13.7. The van der Waals surface area contributed by atoms with Gasteiger partial charge in [-0.05, 0) is 49.8 Å². The highest BCUT2D eigenvalue weighted by molar-refractivity contribution is 5.18. The molecular weight excluding hydrogens is 265 g/mol. The van der Waals surface area contributed by atoms with Crippen LogP contribution in [0.2, 0.25) is 0 Å². The lowest BCUT2D eigenvalue weighted by molar-refractivity contribution is -0.00347. The number of β-amino-alcohol motifs (C(OH)–C–C–N with tert-alkyl or cyclic N) is 1. The van der Waals surface area contributed by atoms with Gasteiger partial charge in [0, 0.05) is 12.6 Å². The SMILES string of the molecule is O[C@H]1CN(C2CCCCC2)CC[C@@H]1Cc1ccccc1F. The summed E-state index contributed by atoms with van der Waals surface area (Å²) in [5, 5.41) is 10.5. The average Bonchev–Trinajstić information content (AvgIpc) is 2.52. The molecule has 0 amide bonds. The smallest absolute Gasteiger partial charge is 0.126 e. The second kappa shape index (κ2) is 6.89. The third-order valence-corrected chi connectivity index (χ3v) is 5.28. The van der Waals surface area contributed by atoms with Gasteiger partial charge in [-0.2, -0.15) is 0 Å². The van der Waals surface area contributed by atoms with Crippen molar-refractivity contribution in [2.24, 2.45) is 5.92 Å². The minimum Gasteiger partial charge on any atom is -0.391 e. The number of nitrogens with zero attached hydrogens (tertiary/aromatic N) is 1. The molecule has 3 heteroatoms. The summed E-state index contributed by atoms with van der Waals surface area (Å²) < 4.78 is 13.7. The van der Waals surface area contributed by atoms with Crippen molar-refractivity contribution in [2.45, 2.75) is 57.1 Å². The van der Waals surface area contributed by atoms with Gasteiger partial charge in [-0.25, -0.2) is 4.39 Å². The topological polar surface area (TPSA) is 23.5 Å². The van der Waals surface area contributed by atoms with Crippen LogP contribution in [-0.2, 0) is 6.42 Å². The van der Waals surface area contributed by atoms with Crippen LogP contribution in [0.1, 0.15) is 44.1 Å². The van der Waals surface area contributed by atoms with Crippen LogP contribution in [0.4, 0.5) is 4.39 Å². The Morgan fingerprint density at radius 1 is 1.10 bits per heavy atom.